The molecule has 3 atom stereocenters. The number of benzene rings is 1. The molecule has 1 aliphatic rings. The van der Waals surface area contributed by atoms with Crippen LogP contribution in [0.2, 0.25) is 0 Å². The molecule has 3 rings (SSSR count). The van der Waals surface area contributed by atoms with Crippen molar-refractivity contribution >= 4 is 5.69 Å². The topological polar surface area (TPSA) is 42.7 Å². The highest BCUT2D eigenvalue weighted by Gasteiger charge is 2.24. The van der Waals surface area contributed by atoms with Crippen molar-refractivity contribution in [3.8, 4) is 5.69 Å². The van der Waals surface area contributed by atoms with Gasteiger partial charge in [-0.25, -0.2) is 9.67 Å². The number of rotatable bonds is 3. The quantitative estimate of drug-likeness (QED) is 0.928. The van der Waals surface area contributed by atoms with Crippen LogP contribution < -0.4 is 5.32 Å². The Kier molecular flexibility index (Phi) is 3.72. The molecule has 1 fully saturated rings. The number of nitrogens with one attached hydrogen (secondary N) is 1. The van der Waals surface area contributed by atoms with Crippen molar-refractivity contribution in [3.05, 3.63) is 36.9 Å². The normalized spacial score (nSPS) is 26.4. The predicted octanol–water partition coefficient (Wildman–Crippen LogP) is 3.50. The molecule has 1 aromatic heterocycles. The lowest BCUT2D eigenvalue weighted by molar-refractivity contribution is 0.276. The molecule has 0 saturated heterocycles. The SMILES string of the molecule is CC1CCC(Nc2ccc(-n3cncn3)cc2)C(C)C1. The van der Waals surface area contributed by atoms with Gasteiger partial charge in [-0.15, -0.1) is 0 Å². The molecule has 0 spiro atoms. The predicted molar refractivity (Wildman–Crippen MR) is 80.9 cm³/mol. The Bertz CT molecular complexity index is 532. The van der Waals surface area contributed by atoms with Gasteiger partial charge in [0.1, 0.15) is 12.7 Å². The van der Waals surface area contributed by atoms with E-state index >= 15 is 0 Å². The molecule has 0 amide bonds. The average Bonchev–Trinajstić information content (AvgIpc) is 2.97. The molecule has 4 heteroatoms. The van der Waals surface area contributed by atoms with Gasteiger partial charge in [-0.2, -0.15) is 5.10 Å². The third-order valence-corrected chi connectivity index (χ3v) is 4.33. The maximum Gasteiger partial charge on any atom is 0.138 e. The lowest BCUT2D eigenvalue weighted by Gasteiger charge is -2.33. The second-order valence-corrected chi connectivity index (χ2v) is 6.03. The first-order valence-corrected chi connectivity index (χ1v) is 7.44. The molecule has 1 aromatic carbocycles. The van der Waals surface area contributed by atoms with Gasteiger partial charge in [-0.05, 0) is 55.4 Å². The summed E-state index contributed by atoms with van der Waals surface area (Å²) in [6.07, 6.45) is 7.20. The zero-order chi connectivity index (χ0) is 13.9. The second-order valence-electron chi connectivity index (χ2n) is 6.03. The maximum atomic E-state index is 4.14. The molecule has 3 unspecified atom stereocenters. The second kappa shape index (κ2) is 5.65. The van der Waals surface area contributed by atoms with Crippen molar-refractivity contribution in [2.45, 2.75) is 39.2 Å². The van der Waals surface area contributed by atoms with Crippen molar-refractivity contribution in [2.24, 2.45) is 11.8 Å². The molecule has 0 aliphatic heterocycles. The van der Waals surface area contributed by atoms with Crippen LogP contribution in [0, 0.1) is 11.8 Å². The Morgan fingerprint density at radius 2 is 1.95 bits per heavy atom. The van der Waals surface area contributed by atoms with Crippen molar-refractivity contribution in [1.82, 2.24) is 14.8 Å². The summed E-state index contributed by atoms with van der Waals surface area (Å²) in [7, 11) is 0. The summed E-state index contributed by atoms with van der Waals surface area (Å²) in [5.74, 6) is 1.62. The summed E-state index contributed by atoms with van der Waals surface area (Å²) in [6.45, 7) is 4.72. The van der Waals surface area contributed by atoms with E-state index in [1.165, 1.54) is 24.9 Å². The maximum absolute atomic E-state index is 4.14. The number of hydrogen-bond acceptors (Lipinski definition) is 3. The first-order chi connectivity index (χ1) is 9.72. The summed E-state index contributed by atoms with van der Waals surface area (Å²) in [6, 6.07) is 9.01. The van der Waals surface area contributed by atoms with E-state index in [1.54, 1.807) is 17.3 Å². The van der Waals surface area contributed by atoms with Gasteiger partial charge < -0.3 is 5.32 Å². The lowest BCUT2D eigenvalue weighted by atomic mass is 9.80. The Morgan fingerprint density at radius 1 is 1.15 bits per heavy atom. The fourth-order valence-corrected chi connectivity index (χ4v) is 3.15. The summed E-state index contributed by atoms with van der Waals surface area (Å²) in [4.78, 5) is 3.97. The van der Waals surface area contributed by atoms with E-state index in [-0.39, 0.29) is 0 Å². The van der Waals surface area contributed by atoms with E-state index in [1.807, 2.05) is 0 Å². The highest BCUT2D eigenvalue weighted by molar-refractivity contribution is 5.49. The van der Waals surface area contributed by atoms with Gasteiger partial charge in [-0.1, -0.05) is 13.8 Å². The van der Waals surface area contributed by atoms with Gasteiger partial charge in [0.15, 0.2) is 0 Å². The molecule has 0 radical (unpaired) electrons. The van der Waals surface area contributed by atoms with Gasteiger partial charge in [0, 0.05) is 11.7 Å². The largest absolute Gasteiger partial charge is 0.382 e. The third-order valence-electron chi connectivity index (χ3n) is 4.33. The molecule has 106 valence electrons. The number of anilines is 1. The van der Waals surface area contributed by atoms with Crippen LogP contribution in [-0.4, -0.2) is 20.8 Å². The number of hydrogen-bond donors (Lipinski definition) is 1. The van der Waals surface area contributed by atoms with E-state index in [0.29, 0.717) is 6.04 Å². The van der Waals surface area contributed by atoms with E-state index < -0.39 is 0 Å². The van der Waals surface area contributed by atoms with Crippen LogP contribution in [0.1, 0.15) is 33.1 Å². The summed E-state index contributed by atoms with van der Waals surface area (Å²) < 4.78 is 1.77. The van der Waals surface area contributed by atoms with Crippen LogP contribution in [0.5, 0.6) is 0 Å². The molecule has 0 bridgehead atoms. The molecule has 1 saturated carbocycles. The van der Waals surface area contributed by atoms with Crippen LogP contribution in [0.4, 0.5) is 5.69 Å². The average molecular weight is 270 g/mol. The van der Waals surface area contributed by atoms with Gasteiger partial charge >= 0.3 is 0 Å². The summed E-state index contributed by atoms with van der Waals surface area (Å²) in [5, 5.41) is 7.82. The number of aromatic nitrogens is 3. The minimum atomic E-state index is 0.600. The Labute approximate surface area is 120 Å². The van der Waals surface area contributed by atoms with E-state index in [2.05, 4.69) is 53.5 Å². The summed E-state index contributed by atoms with van der Waals surface area (Å²) >= 11 is 0. The van der Waals surface area contributed by atoms with Gasteiger partial charge in [-0.3, -0.25) is 0 Å². The molecule has 2 aromatic rings. The van der Waals surface area contributed by atoms with E-state index in [4.69, 9.17) is 0 Å². The van der Waals surface area contributed by atoms with Gasteiger partial charge in [0.25, 0.3) is 0 Å². The molecular formula is C16H22N4. The minimum absolute atomic E-state index is 0.600. The van der Waals surface area contributed by atoms with Gasteiger partial charge in [0.2, 0.25) is 0 Å². The fraction of sp³-hybridized carbons (Fsp3) is 0.500. The van der Waals surface area contributed by atoms with Crippen LogP contribution in [0.15, 0.2) is 36.9 Å². The lowest BCUT2D eigenvalue weighted by Crippen LogP contribution is -2.32. The zero-order valence-electron chi connectivity index (χ0n) is 12.2. The molecule has 20 heavy (non-hydrogen) atoms. The Balaban J connectivity index is 1.66. The van der Waals surface area contributed by atoms with E-state index in [0.717, 1.165) is 17.5 Å². The van der Waals surface area contributed by atoms with Crippen molar-refractivity contribution in [1.29, 1.82) is 0 Å². The molecule has 1 N–H and O–H groups in total. The van der Waals surface area contributed by atoms with Gasteiger partial charge in [0.05, 0.1) is 5.69 Å². The summed E-state index contributed by atoms with van der Waals surface area (Å²) in [5.41, 5.74) is 2.23. The Hall–Kier alpha value is -1.84. The van der Waals surface area contributed by atoms with Crippen molar-refractivity contribution in [2.75, 3.05) is 5.32 Å². The highest BCUT2D eigenvalue weighted by atomic mass is 15.3. The highest BCUT2D eigenvalue weighted by Crippen LogP contribution is 2.30. The van der Waals surface area contributed by atoms with Crippen LogP contribution in [0.3, 0.4) is 0 Å². The minimum Gasteiger partial charge on any atom is -0.382 e. The smallest absolute Gasteiger partial charge is 0.138 e. The Morgan fingerprint density at radius 3 is 2.60 bits per heavy atom. The monoisotopic (exact) mass is 270 g/mol. The van der Waals surface area contributed by atoms with Crippen LogP contribution >= 0.6 is 0 Å². The van der Waals surface area contributed by atoms with E-state index in [9.17, 15) is 0 Å². The molecule has 1 aliphatic carbocycles. The van der Waals surface area contributed by atoms with Crippen molar-refractivity contribution < 1.29 is 0 Å². The third kappa shape index (κ3) is 2.84. The molecular weight excluding hydrogens is 248 g/mol. The van der Waals surface area contributed by atoms with Crippen LogP contribution in [0.25, 0.3) is 5.69 Å². The zero-order valence-corrected chi connectivity index (χ0v) is 12.2. The first-order valence-electron chi connectivity index (χ1n) is 7.44. The fourth-order valence-electron chi connectivity index (χ4n) is 3.15. The van der Waals surface area contributed by atoms with Crippen molar-refractivity contribution in [3.63, 3.8) is 0 Å². The molecule has 4 nitrogen and oxygen atoms in total. The first kappa shape index (κ1) is 13.2. The molecule has 1 heterocycles. The standard InChI is InChI=1S/C16H22N4/c1-12-3-8-16(13(2)9-12)19-14-4-6-15(7-5-14)20-11-17-10-18-20/h4-7,10-13,16,19H,3,8-9H2,1-2H3. The van der Waals surface area contributed by atoms with Crippen LogP contribution in [-0.2, 0) is 0 Å². The number of nitrogens with zero attached hydrogens (tertiary/aromatic N) is 3.